The van der Waals surface area contributed by atoms with Crippen molar-refractivity contribution in [3.05, 3.63) is 70.2 Å². The van der Waals surface area contributed by atoms with Crippen molar-refractivity contribution in [2.24, 2.45) is 0 Å². The van der Waals surface area contributed by atoms with Gasteiger partial charge >= 0.3 is 5.97 Å². The van der Waals surface area contributed by atoms with E-state index in [1.165, 1.54) is 0 Å². The summed E-state index contributed by atoms with van der Waals surface area (Å²) in [6, 6.07) is 15.3. The minimum absolute atomic E-state index is 0.249. The molecule has 0 spiro atoms. The lowest BCUT2D eigenvalue weighted by atomic mass is 9.81. The number of halogens is 1. The van der Waals surface area contributed by atoms with Crippen LogP contribution in [0.3, 0.4) is 0 Å². The first-order valence-corrected chi connectivity index (χ1v) is 8.10. The van der Waals surface area contributed by atoms with E-state index in [4.69, 9.17) is 16.3 Å². The monoisotopic (exact) mass is 329 g/mol. The molecule has 0 saturated carbocycles. The van der Waals surface area contributed by atoms with Crippen LogP contribution in [0.5, 0.6) is 0 Å². The number of hydrogen-bond acceptors (Lipinski definition) is 3. The number of fused-ring (bicyclic) bond motifs is 1. The third-order valence-electron chi connectivity index (χ3n) is 4.33. The quantitative estimate of drug-likeness (QED) is 0.797. The Balaban J connectivity index is 2.03. The van der Waals surface area contributed by atoms with Crippen molar-refractivity contribution < 1.29 is 9.53 Å². The van der Waals surface area contributed by atoms with Crippen LogP contribution in [0.4, 0.5) is 0 Å². The minimum Gasteiger partial charge on any atom is -0.450 e. The van der Waals surface area contributed by atoms with Crippen LogP contribution in [-0.2, 0) is 16.8 Å². The summed E-state index contributed by atoms with van der Waals surface area (Å²) in [7, 11) is 4.04. The first-order valence-electron chi connectivity index (χ1n) is 7.72. The van der Waals surface area contributed by atoms with Gasteiger partial charge < -0.3 is 9.64 Å². The fourth-order valence-corrected chi connectivity index (χ4v) is 3.18. The predicted octanol–water partition coefficient (Wildman–Crippen LogP) is 3.90. The Morgan fingerprint density at radius 1 is 1.13 bits per heavy atom. The lowest BCUT2D eigenvalue weighted by molar-refractivity contribution is -0.0355. The molecule has 0 aliphatic carbocycles. The van der Waals surface area contributed by atoms with Crippen LogP contribution in [-0.4, -0.2) is 31.5 Å². The lowest BCUT2D eigenvalue weighted by Crippen LogP contribution is -2.41. The van der Waals surface area contributed by atoms with Crippen molar-refractivity contribution in [3.8, 4) is 0 Å². The molecule has 2 aromatic rings. The summed E-state index contributed by atoms with van der Waals surface area (Å²) in [6.45, 7) is 0.831. The number of rotatable bonds is 4. The topological polar surface area (TPSA) is 29.5 Å². The Morgan fingerprint density at radius 2 is 1.83 bits per heavy atom. The molecule has 120 valence electrons. The number of carbonyl (C=O) groups excluding carboxylic acids is 1. The van der Waals surface area contributed by atoms with Gasteiger partial charge in [0.15, 0.2) is 0 Å². The van der Waals surface area contributed by atoms with Crippen LogP contribution in [0, 0.1) is 0 Å². The molecular formula is C19H20ClNO2. The smallest absolute Gasteiger partial charge is 0.339 e. The summed E-state index contributed by atoms with van der Waals surface area (Å²) in [5.41, 5.74) is 2.06. The van der Waals surface area contributed by atoms with Crippen LogP contribution in [0.15, 0.2) is 48.5 Å². The molecule has 0 fully saturated rings. The van der Waals surface area contributed by atoms with Gasteiger partial charge in [-0.2, -0.15) is 0 Å². The number of cyclic esters (lactones) is 1. The summed E-state index contributed by atoms with van der Waals surface area (Å²) >= 11 is 6.02. The molecule has 0 saturated heterocycles. The summed E-state index contributed by atoms with van der Waals surface area (Å²) < 4.78 is 5.97. The van der Waals surface area contributed by atoms with Gasteiger partial charge in [-0.05, 0) is 43.4 Å². The second kappa shape index (κ2) is 6.34. The predicted molar refractivity (Wildman–Crippen MR) is 91.9 cm³/mol. The maximum absolute atomic E-state index is 12.5. The van der Waals surface area contributed by atoms with Crippen molar-refractivity contribution in [3.63, 3.8) is 0 Å². The van der Waals surface area contributed by atoms with Gasteiger partial charge in [0.1, 0.15) is 5.60 Å². The molecular weight excluding hydrogens is 310 g/mol. The summed E-state index contributed by atoms with van der Waals surface area (Å²) in [5.74, 6) is -0.249. The molecule has 1 aliphatic heterocycles. The number of ether oxygens (including phenoxy) is 1. The summed E-state index contributed by atoms with van der Waals surface area (Å²) in [5, 5.41) is 0.680. The van der Waals surface area contributed by atoms with Gasteiger partial charge in [-0.1, -0.05) is 41.9 Å². The van der Waals surface area contributed by atoms with E-state index >= 15 is 0 Å². The van der Waals surface area contributed by atoms with Gasteiger partial charge in [-0.25, -0.2) is 4.79 Å². The Kier molecular flexibility index (Phi) is 4.42. The zero-order valence-electron chi connectivity index (χ0n) is 13.4. The van der Waals surface area contributed by atoms with Crippen molar-refractivity contribution >= 4 is 17.6 Å². The van der Waals surface area contributed by atoms with Crippen molar-refractivity contribution in [2.75, 3.05) is 20.6 Å². The van der Waals surface area contributed by atoms with Gasteiger partial charge in [0.05, 0.1) is 5.56 Å². The van der Waals surface area contributed by atoms with Crippen molar-refractivity contribution in [1.29, 1.82) is 0 Å². The normalized spacial score (nSPS) is 20.3. The highest BCUT2D eigenvalue weighted by molar-refractivity contribution is 6.30. The van der Waals surface area contributed by atoms with E-state index in [-0.39, 0.29) is 5.97 Å². The zero-order valence-corrected chi connectivity index (χ0v) is 14.1. The van der Waals surface area contributed by atoms with E-state index in [0.29, 0.717) is 17.0 Å². The van der Waals surface area contributed by atoms with Gasteiger partial charge in [0.2, 0.25) is 0 Å². The zero-order chi connectivity index (χ0) is 16.4. The van der Waals surface area contributed by atoms with Crippen LogP contribution < -0.4 is 0 Å². The Labute approximate surface area is 141 Å². The van der Waals surface area contributed by atoms with Crippen molar-refractivity contribution in [2.45, 2.75) is 18.4 Å². The molecule has 1 heterocycles. The molecule has 1 aliphatic rings. The molecule has 1 atom stereocenters. The maximum Gasteiger partial charge on any atom is 0.339 e. The first kappa shape index (κ1) is 16.0. The molecule has 0 amide bonds. The number of nitrogens with zero attached hydrogens (tertiary/aromatic N) is 1. The summed E-state index contributed by atoms with van der Waals surface area (Å²) in [4.78, 5) is 14.6. The Hall–Kier alpha value is -1.84. The minimum atomic E-state index is -0.639. The average molecular weight is 330 g/mol. The van der Waals surface area contributed by atoms with Crippen LogP contribution in [0.1, 0.15) is 27.9 Å². The third-order valence-corrected chi connectivity index (χ3v) is 4.59. The Bertz CT molecular complexity index is 712. The first-order chi connectivity index (χ1) is 11.0. The highest BCUT2D eigenvalue weighted by Gasteiger charge is 2.41. The summed E-state index contributed by atoms with van der Waals surface area (Å²) in [6.07, 6.45) is 1.42. The standard InChI is InChI=1S/C19H20ClNO2/c1-21(2)12-11-19(15-7-9-16(20)10-8-15)13-14-5-3-4-6-17(14)18(22)23-19/h3-10H,11-13H2,1-2H3/t19-/m1/s1. The molecule has 2 aromatic carbocycles. The second-order valence-electron chi connectivity index (χ2n) is 6.28. The largest absolute Gasteiger partial charge is 0.450 e. The number of benzene rings is 2. The third kappa shape index (κ3) is 3.26. The lowest BCUT2D eigenvalue weighted by Gasteiger charge is -2.38. The number of carbonyl (C=O) groups is 1. The van der Waals surface area contributed by atoms with Crippen LogP contribution >= 0.6 is 11.6 Å². The average Bonchev–Trinajstić information content (AvgIpc) is 2.53. The molecule has 4 heteroatoms. The molecule has 3 rings (SSSR count). The molecule has 0 unspecified atom stereocenters. The highest BCUT2D eigenvalue weighted by atomic mass is 35.5. The molecule has 3 nitrogen and oxygen atoms in total. The van der Waals surface area contributed by atoms with Gasteiger partial charge in [0.25, 0.3) is 0 Å². The highest BCUT2D eigenvalue weighted by Crippen LogP contribution is 2.39. The van der Waals surface area contributed by atoms with E-state index in [2.05, 4.69) is 4.90 Å². The Morgan fingerprint density at radius 3 is 2.52 bits per heavy atom. The molecule has 0 aromatic heterocycles. The molecule has 23 heavy (non-hydrogen) atoms. The van der Waals surface area contributed by atoms with Gasteiger partial charge in [-0.15, -0.1) is 0 Å². The van der Waals surface area contributed by atoms with E-state index in [0.717, 1.165) is 24.1 Å². The second-order valence-corrected chi connectivity index (χ2v) is 6.71. The number of hydrogen-bond donors (Lipinski definition) is 0. The number of esters is 1. The van der Waals surface area contributed by atoms with Crippen LogP contribution in [0.2, 0.25) is 5.02 Å². The maximum atomic E-state index is 12.5. The molecule has 0 bridgehead atoms. The fraction of sp³-hybridized carbons (Fsp3) is 0.316. The molecule has 0 N–H and O–H groups in total. The van der Waals surface area contributed by atoms with Gasteiger partial charge in [-0.3, -0.25) is 0 Å². The van der Waals surface area contributed by atoms with Crippen molar-refractivity contribution in [1.82, 2.24) is 4.90 Å². The van der Waals surface area contributed by atoms with Gasteiger partial charge in [0, 0.05) is 24.4 Å². The SMILES string of the molecule is CN(C)CC[C@]1(c2ccc(Cl)cc2)Cc2ccccc2C(=O)O1. The van der Waals surface area contributed by atoms with Crippen LogP contribution in [0.25, 0.3) is 0 Å². The van der Waals surface area contributed by atoms with E-state index < -0.39 is 5.60 Å². The van der Waals surface area contributed by atoms with E-state index in [1.807, 2.05) is 62.6 Å². The van der Waals surface area contributed by atoms with E-state index in [1.54, 1.807) is 0 Å². The van der Waals surface area contributed by atoms with E-state index in [9.17, 15) is 4.79 Å². The fourth-order valence-electron chi connectivity index (χ4n) is 3.05. The molecule has 0 radical (unpaired) electrons.